The highest BCUT2D eigenvalue weighted by atomic mass is 32.2. The van der Waals surface area contributed by atoms with Gasteiger partial charge in [0.2, 0.25) is 0 Å². The maximum atomic E-state index is 12.1. The highest BCUT2D eigenvalue weighted by Crippen LogP contribution is 2.19. The molecule has 0 atom stereocenters. The minimum Gasteiger partial charge on any atom is -0.481 e. The summed E-state index contributed by atoms with van der Waals surface area (Å²) in [5.74, 6) is 6.53. The van der Waals surface area contributed by atoms with Crippen LogP contribution in [0.25, 0.3) is 0 Å². The van der Waals surface area contributed by atoms with Crippen LogP contribution in [0, 0.1) is 18.8 Å². The second-order valence-electron chi connectivity index (χ2n) is 4.79. The van der Waals surface area contributed by atoms with Crippen LogP contribution in [0.1, 0.15) is 15.9 Å². The quantitative estimate of drug-likeness (QED) is 0.675. The predicted octanol–water partition coefficient (Wildman–Crippen LogP) is 3.53. The van der Waals surface area contributed by atoms with Crippen molar-refractivity contribution in [3.63, 3.8) is 0 Å². The number of hydrogen-bond acceptors (Lipinski definition) is 3. The van der Waals surface area contributed by atoms with E-state index in [1.165, 1.54) is 0 Å². The van der Waals surface area contributed by atoms with Crippen LogP contribution in [0.5, 0.6) is 5.75 Å². The molecule has 0 heterocycles. The van der Waals surface area contributed by atoms with E-state index in [0.717, 1.165) is 16.2 Å². The van der Waals surface area contributed by atoms with E-state index in [4.69, 9.17) is 4.74 Å². The Morgan fingerprint density at radius 3 is 2.65 bits per heavy atom. The summed E-state index contributed by atoms with van der Waals surface area (Å²) < 4.78 is 5.58. The molecule has 2 rings (SSSR count). The zero-order valence-corrected chi connectivity index (χ0v) is 14.1. The van der Waals surface area contributed by atoms with Crippen LogP contribution in [0.4, 0.5) is 0 Å². The van der Waals surface area contributed by atoms with Crippen LogP contribution < -0.4 is 10.1 Å². The minimum absolute atomic E-state index is 0.107. The van der Waals surface area contributed by atoms with Gasteiger partial charge in [-0.05, 0) is 36.9 Å². The number of hydrogen-bond donors (Lipinski definition) is 1. The molecule has 0 radical (unpaired) electrons. The first-order chi connectivity index (χ1) is 11.2. The van der Waals surface area contributed by atoms with Gasteiger partial charge in [-0.2, -0.15) is 0 Å². The van der Waals surface area contributed by atoms with Crippen LogP contribution in [0.2, 0.25) is 0 Å². The molecule has 3 nitrogen and oxygen atoms in total. The molecule has 0 aliphatic rings. The number of rotatable bonds is 5. The molecule has 0 aliphatic heterocycles. The van der Waals surface area contributed by atoms with Gasteiger partial charge < -0.3 is 10.1 Å². The fraction of sp³-hybridized carbons (Fsp3) is 0.211. The molecule has 23 heavy (non-hydrogen) atoms. The number of thioether (sulfide) groups is 1. The molecule has 0 aromatic heterocycles. The summed E-state index contributed by atoms with van der Waals surface area (Å²) in [6.45, 7) is 2.60. The van der Waals surface area contributed by atoms with Crippen molar-refractivity contribution in [2.75, 3.05) is 19.4 Å². The van der Waals surface area contributed by atoms with E-state index in [0.29, 0.717) is 18.7 Å². The zero-order chi connectivity index (χ0) is 16.5. The van der Waals surface area contributed by atoms with Crippen LogP contribution in [0.3, 0.4) is 0 Å². The molecule has 0 fully saturated rings. The smallest absolute Gasteiger partial charge is 0.253 e. The maximum absolute atomic E-state index is 12.1. The van der Waals surface area contributed by atoms with Gasteiger partial charge in [-0.15, -0.1) is 11.8 Å². The van der Waals surface area contributed by atoms with Gasteiger partial charge in [-0.3, -0.25) is 4.79 Å². The molecule has 2 aromatic rings. The fourth-order valence-corrected chi connectivity index (χ4v) is 2.59. The third-order valence-corrected chi connectivity index (χ3v) is 4.00. The Kier molecular flexibility index (Phi) is 6.58. The van der Waals surface area contributed by atoms with Crippen molar-refractivity contribution in [1.29, 1.82) is 0 Å². The first kappa shape index (κ1) is 17.0. The van der Waals surface area contributed by atoms with Gasteiger partial charge in [-0.1, -0.05) is 42.2 Å². The van der Waals surface area contributed by atoms with Crippen molar-refractivity contribution < 1.29 is 9.53 Å². The number of benzene rings is 2. The summed E-state index contributed by atoms with van der Waals surface area (Å²) in [4.78, 5) is 13.1. The molecular formula is C19H19NO2S. The first-order valence-corrected chi connectivity index (χ1v) is 8.50. The molecule has 0 saturated heterocycles. The van der Waals surface area contributed by atoms with E-state index in [1.807, 2.05) is 61.7 Å². The molecule has 1 N–H and O–H groups in total. The van der Waals surface area contributed by atoms with Crippen molar-refractivity contribution in [3.05, 3.63) is 59.7 Å². The molecule has 0 spiro atoms. The van der Waals surface area contributed by atoms with Crippen molar-refractivity contribution >= 4 is 17.7 Å². The Balaban J connectivity index is 1.79. The first-order valence-electron chi connectivity index (χ1n) is 7.27. The van der Waals surface area contributed by atoms with Gasteiger partial charge in [0.15, 0.2) is 0 Å². The highest BCUT2D eigenvalue weighted by molar-refractivity contribution is 7.98. The number of ether oxygens (including phenoxy) is 1. The molecule has 118 valence electrons. The van der Waals surface area contributed by atoms with Gasteiger partial charge in [0.25, 0.3) is 5.91 Å². The largest absolute Gasteiger partial charge is 0.481 e. The minimum atomic E-state index is -0.107. The van der Waals surface area contributed by atoms with E-state index >= 15 is 0 Å². The lowest BCUT2D eigenvalue weighted by Gasteiger charge is -2.06. The van der Waals surface area contributed by atoms with Crippen molar-refractivity contribution in [2.24, 2.45) is 0 Å². The van der Waals surface area contributed by atoms with Gasteiger partial charge in [0.05, 0.1) is 12.1 Å². The van der Waals surface area contributed by atoms with Crippen LogP contribution in [-0.4, -0.2) is 25.3 Å². The number of nitrogens with one attached hydrogen (secondary N) is 1. The van der Waals surface area contributed by atoms with Gasteiger partial charge in [0, 0.05) is 4.90 Å². The van der Waals surface area contributed by atoms with Crippen molar-refractivity contribution in [1.82, 2.24) is 5.32 Å². The number of carbonyl (C=O) groups is 1. The number of aryl methyl sites for hydroxylation is 1. The Labute approximate surface area is 141 Å². The second-order valence-corrected chi connectivity index (χ2v) is 5.64. The maximum Gasteiger partial charge on any atom is 0.253 e. The average Bonchev–Trinajstić information content (AvgIpc) is 2.59. The van der Waals surface area contributed by atoms with Crippen LogP contribution in [0.15, 0.2) is 53.4 Å². The molecular weight excluding hydrogens is 306 g/mol. The molecule has 0 bridgehead atoms. The lowest BCUT2D eigenvalue weighted by Crippen LogP contribution is -2.24. The third-order valence-electron chi connectivity index (χ3n) is 3.21. The van der Waals surface area contributed by atoms with Gasteiger partial charge in [0.1, 0.15) is 12.4 Å². The van der Waals surface area contributed by atoms with E-state index in [2.05, 4.69) is 17.2 Å². The molecule has 4 heteroatoms. The summed E-state index contributed by atoms with van der Waals surface area (Å²) in [5, 5.41) is 2.80. The molecule has 0 unspecified atom stereocenters. The Morgan fingerprint density at radius 2 is 1.87 bits per heavy atom. The summed E-state index contributed by atoms with van der Waals surface area (Å²) in [7, 11) is 0. The monoisotopic (exact) mass is 325 g/mol. The lowest BCUT2D eigenvalue weighted by molar-refractivity contribution is 0.0956. The number of amides is 1. The summed E-state index contributed by atoms with van der Waals surface area (Å²) in [5.41, 5.74) is 1.76. The summed E-state index contributed by atoms with van der Waals surface area (Å²) in [6.07, 6.45) is 1.95. The molecule has 2 aromatic carbocycles. The predicted molar refractivity (Wildman–Crippen MR) is 95.0 cm³/mol. The highest BCUT2D eigenvalue weighted by Gasteiger charge is 2.08. The molecule has 1 amide bonds. The van der Waals surface area contributed by atoms with E-state index in [9.17, 15) is 4.79 Å². The van der Waals surface area contributed by atoms with Crippen LogP contribution >= 0.6 is 11.8 Å². The standard InChI is InChI=1S/C19H19NO2S/c1-15-9-3-5-11-17(15)22-14-8-7-13-20-19(21)16-10-4-6-12-18(16)23-2/h3-6,9-12H,13-14H2,1-2H3,(H,20,21). The lowest BCUT2D eigenvalue weighted by atomic mass is 10.2. The Bertz CT molecular complexity index is 731. The third kappa shape index (κ3) is 5.08. The summed E-state index contributed by atoms with van der Waals surface area (Å²) >= 11 is 1.55. The Morgan fingerprint density at radius 1 is 1.13 bits per heavy atom. The summed E-state index contributed by atoms with van der Waals surface area (Å²) in [6, 6.07) is 15.3. The van der Waals surface area contributed by atoms with Crippen molar-refractivity contribution in [2.45, 2.75) is 11.8 Å². The zero-order valence-electron chi connectivity index (χ0n) is 13.3. The van der Waals surface area contributed by atoms with Gasteiger partial charge in [-0.25, -0.2) is 0 Å². The normalized spacial score (nSPS) is 9.65. The van der Waals surface area contributed by atoms with E-state index < -0.39 is 0 Å². The van der Waals surface area contributed by atoms with E-state index in [-0.39, 0.29) is 5.91 Å². The SMILES string of the molecule is CSc1ccccc1C(=O)NCC#CCOc1ccccc1C. The molecule has 0 saturated carbocycles. The number of carbonyl (C=O) groups excluding carboxylic acids is 1. The van der Waals surface area contributed by atoms with Crippen molar-refractivity contribution in [3.8, 4) is 17.6 Å². The van der Waals surface area contributed by atoms with Gasteiger partial charge >= 0.3 is 0 Å². The number of para-hydroxylation sites is 1. The molecule has 0 aliphatic carbocycles. The van der Waals surface area contributed by atoms with E-state index in [1.54, 1.807) is 11.8 Å². The average molecular weight is 325 g/mol. The fourth-order valence-electron chi connectivity index (χ4n) is 2.00. The Hall–Kier alpha value is -2.38. The topological polar surface area (TPSA) is 38.3 Å². The van der Waals surface area contributed by atoms with Crippen LogP contribution in [-0.2, 0) is 0 Å². The second kappa shape index (κ2) is 8.92.